The van der Waals surface area contributed by atoms with Crippen LogP contribution in [-0.2, 0) is 0 Å². The van der Waals surface area contributed by atoms with Crippen LogP contribution in [0.5, 0.6) is 0 Å². The molecule has 104 valence electrons. The van der Waals surface area contributed by atoms with Gasteiger partial charge in [0.15, 0.2) is 0 Å². The Morgan fingerprint density at radius 1 is 1.15 bits per heavy atom. The van der Waals surface area contributed by atoms with E-state index in [-0.39, 0.29) is 11.9 Å². The van der Waals surface area contributed by atoms with E-state index in [2.05, 4.69) is 10.3 Å². The maximum atomic E-state index is 12.0. The molecule has 0 aliphatic rings. The lowest BCUT2D eigenvalue weighted by atomic mass is 10.1. The SMILES string of the molecule is CC(C)NC(=O)c1ccnc(-c2ccc(Cl)c(Cl)c2)c1. The monoisotopic (exact) mass is 308 g/mol. The Labute approximate surface area is 127 Å². The van der Waals surface area contributed by atoms with Crippen LogP contribution in [0.25, 0.3) is 11.3 Å². The lowest BCUT2D eigenvalue weighted by molar-refractivity contribution is 0.0943. The Morgan fingerprint density at radius 2 is 1.90 bits per heavy atom. The number of benzene rings is 1. The van der Waals surface area contributed by atoms with E-state index < -0.39 is 0 Å². The van der Waals surface area contributed by atoms with Gasteiger partial charge in [0.05, 0.1) is 15.7 Å². The molecule has 1 heterocycles. The third-order valence-corrected chi connectivity index (χ3v) is 3.40. The highest BCUT2D eigenvalue weighted by molar-refractivity contribution is 6.42. The first kappa shape index (κ1) is 14.8. The maximum Gasteiger partial charge on any atom is 0.251 e. The van der Waals surface area contributed by atoms with Crippen LogP contribution in [-0.4, -0.2) is 16.9 Å². The molecule has 2 rings (SSSR count). The number of pyridine rings is 1. The Balaban J connectivity index is 2.34. The van der Waals surface area contributed by atoms with Crippen LogP contribution in [0.2, 0.25) is 10.0 Å². The quantitative estimate of drug-likeness (QED) is 0.923. The van der Waals surface area contributed by atoms with Crippen LogP contribution in [0.15, 0.2) is 36.5 Å². The van der Waals surface area contributed by atoms with E-state index in [1.807, 2.05) is 19.9 Å². The molecule has 20 heavy (non-hydrogen) atoms. The first-order valence-electron chi connectivity index (χ1n) is 6.19. The van der Waals surface area contributed by atoms with Crippen LogP contribution < -0.4 is 5.32 Å². The minimum atomic E-state index is -0.122. The summed E-state index contributed by atoms with van der Waals surface area (Å²) < 4.78 is 0. The first-order valence-corrected chi connectivity index (χ1v) is 6.95. The van der Waals surface area contributed by atoms with Gasteiger partial charge < -0.3 is 5.32 Å². The van der Waals surface area contributed by atoms with Gasteiger partial charge >= 0.3 is 0 Å². The van der Waals surface area contributed by atoms with E-state index in [1.54, 1.807) is 30.5 Å². The minimum Gasteiger partial charge on any atom is -0.350 e. The summed E-state index contributed by atoms with van der Waals surface area (Å²) in [6, 6.07) is 8.76. The van der Waals surface area contributed by atoms with Crippen LogP contribution in [0.1, 0.15) is 24.2 Å². The van der Waals surface area contributed by atoms with Gasteiger partial charge in [-0.1, -0.05) is 29.3 Å². The molecule has 0 bridgehead atoms. The summed E-state index contributed by atoms with van der Waals surface area (Å²) >= 11 is 11.9. The normalized spacial score (nSPS) is 10.7. The molecule has 0 atom stereocenters. The highest BCUT2D eigenvalue weighted by Crippen LogP contribution is 2.27. The molecule has 1 amide bonds. The van der Waals surface area contributed by atoms with Crippen molar-refractivity contribution in [2.45, 2.75) is 19.9 Å². The Bertz CT molecular complexity index is 642. The summed E-state index contributed by atoms with van der Waals surface area (Å²) in [6.45, 7) is 3.83. The molecule has 0 fully saturated rings. The van der Waals surface area contributed by atoms with Gasteiger partial charge in [0.25, 0.3) is 5.91 Å². The highest BCUT2D eigenvalue weighted by Gasteiger charge is 2.09. The van der Waals surface area contributed by atoms with E-state index in [9.17, 15) is 4.79 Å². The fourth-order valence-corrected chi connectivity index (χ4v) is 2.03. The summed E-state index contributed by atoms with van der Waals surface area (Å²) in [5, 5.41) is 3.80. The van der Waals surface area contributed by atoms with Gasteiger partial charge in [-0.25, -0.2) is 0 Å². The molecule has 0 saturated heterocycles. The molecule has 0 saturated carbocycles. The number of hydrogen-bond acceptors (Lipinski definition) is 2. The molecular weight excluding hydrogens is 295 g/mol. The zero-order valence-corrected chi connectivity index (χ0v) is 12.7. The van der Waals surface area contributed by atoms with Gasteiger partial charge in [0, 0.05) is 23.4 Å². The third kappa shape index (κ3) is 3.50. The van der Waals surface area contributed by atoms with E-state index in [4.69, 9.17) is 23.2 Å². The number of carbonyl (C=O) groups is 1. The average Bonchev–Trinajstić information content (AvgIpc) is 2.41. The molecule has 1 N–H and O–H groups in total. The van der Waals surface area contributed by atoms with Gasteiger partial charge in [-0.2, -0.15) is 0 Å². The van der Waals surface area contributed by atoms with Crippen molar-refractivity contribution in [1.82, 2.24) is 10.3 Å². The van der Waals surface area contributed by atoms with E-state index in [1.165, 1.54) is 0 Å². The fraction of sp³-hybridized carbons (Fsp3) is 0.200. The molecule has 0 unspecified atom stereocenters. The molecule has 3 nitrogen and oxygen atoms in total. The lowest BCUT2D eigenvalue weighted by Gasteiger charge is -2.09. The van der Waals surface area contributed by atoms with Crippen LogP contribution in [0, 0.1) is 0 Å². The molecule has 5 heteroatoms. The summed E-state index contributed by atoms with van der Waals surface area (Å²) in [5.74, 6) is -0.122. The number of nitrogens with one attached hydrogen (secondary N) is 1. The van der Waals surface area contributed by atoms with Crippen molar-refractivity contribution in [2.75, 3.05) is 0 Å². The molecule has 0 radical (unpaired) electrons. The van der Waals surface area contributed by atoms with E-state index in [0.717, 1.165) is 5.56 Å². The topological polar surface area (TPSA) is 42.0 Å². The van der Waals surface area contributed by atoms with Crippen molar-refractivity contribution in [1.29, 1.82) is 0 Å². The zero-order valence-electron chi connectivity index (χ0n) is 11.2. The van der Waals surface area contributed by atoms with Crippen molar-refractivity contribution in [3.63, 3.8) is 0 Å². The Kier molecular flexibility index (Phi) is 4.63. The van der Waals surface area contributed by atoms with Crippen molar-refractivity contribution in [3.8, 4) is 11.3 Å². The summed E-state index contributed by atoms with van der Waals surface area (Å²) in [6.07, 6.45) is 1.60. The van der Waals surface area contributed by atoms with E-state index in [0.29, 0.717) is 21.3 Å². The number of rotatable bonds is 3. The maximum absolute atomic E-state index is 12.0. The second-order valence-corrected chi connectivity index (χ2v) is 5.50. The average molecular weight is 309 g/mol. The van der Waals surface area contributed by atoms with Crippen LogP contribution in [0.4, 0.5) is 0 Å². The number of halogens is 2. The summed E-state index contributed by atoms with van der Waals surface area (Å²) in [5.41, 5.74) is 2.06. The van der Waals surface area contributed by atoms with Crippen molar-refractivity contribution >= 4 is 29.1 Å². The predicted octanol–water partition coefficient (Wildman–Crippen LogP) is 4.19. The van der Waals surface area contributed by atoms with Crippen LogP contribution >= 0.6 is 23.2 Å². The number of nitrogens with zero attached hydrogens (tertiary/aromatic N) is 1. The zero-order chi connectivity index (χ0) is 14.7. The fourth-order valence-electron chi connectivity index (χ4n) is 1.73. The predicted molar refractivity (Wildman–Crippen MR) is 82.3 cm³/mol. The van der Waals surface area contributed by atoms with Gasteiger partial charge in [-0.15, -0.1) is 0 Å². The largest absolute Gasteiger partial charge is 0.350 e. The Morgan fingerprint density at radius 3 is 2.55 bits per heavy atom. The molecule has 1 aromatic carbocycles. The smallest absolute Gasteiger partial charge is 0.251 e. The number of amides is 1. The van der Waals surface area contributed by atoms with Gasteiger partial charge in [-0.05, 0) is 38.1 Å². The van der Waals surface area contributed by atoms with Crippen molar-refractivity contribution < 1.29 is 4.79 Å². The molecular formula is C15H14Cl2N2O. The Hall–Kier alpha value is -1.58. The number of aromatic nitrogens is 1. The molecule has 0 aliphatic carbocycles. The molecule has 1 aromatic heterocycles. The lowest BCUT2D eigenvalue weighted by Crippen LogP contribution is -2.30. The van der Waals surface area contributed by atoms with Crippen molar-refractivity contribution in [2.24, 2.45) is 0 Å². The second kappa shape index (κ2) is 6.25. The van der Waals surface area contributed by atoms with Crippen molar-refractivity contribution in [3.05, 3.63) is 52.1 Å². The minimum absolute atomic E-state index is 0.0871. The third-order valence-electron chi connectivity index (χ3n) is 2.66. The molecule has 2 aromatic rings. The first-order chi connectivity index (χ1) is 9.47. The standard InChI is InChI=1S/C15H14Cl2N2O/c1-9(2)19-15(20)11-5-6-18-14(8-11)10-3-4-12(16)13(17)7-10/h3-9H,1-2H3,(H,19,20). The number of carbonyl (C=O) groups excluding carboxylic acids is 1. The van der Waals surface area contributed by atoms with E-state index >= 15 is 0 Å². The number of hydrogen-bond donors (Lipinski definition) is 1. The highest BCUT2D eigenvalue weighted by atomic mass is 35.5. The molecule has 0 spiro atoms. The van der Waals surface area contributed by atoms with Gasteiger partial charge in [0.2, 0.25) is 0 Å². The summed E-state index contributed by atoms with van der Waals surface area (Å²) in [7, 11) is 0. The van der Waals surface area contributed by atoms with Crippen LogP contribution in [0.3, 0.4) is 0 Å². The molecule has 0 aliphatic heterocycles. The summed E-state index contributed by atoms with van der Waals surface area (Å²) in [4.78, 5) is 16.2. The van der Waals surface area contributed by atoms with Gasteiger partial charge in [0.1, 0.15) is 0 Å². The second-order valence-electron chi connectivity index (χ2n) is 4.69. The van der Waals surface area contributed by atoms with Gasteiger partial charge in [-0.3, -0.25) is 9.78 Å².